The number of halogens is 1. The molecule has 0 aliphatic carbocycles. The number of fused-ring (bicyclic) bond motifs is 2. The highest BCUT2D eigenvalue weighted by Gasteiger charge is 2.14. The van der Waals surface area contributed by atoms with Crippen LogP contribution in [-0.4, -0.2) is 30.8 Å². The summed E-state index contributed by atoms with van der Waals surface area (Å²) in [6, 6.07) is 9.76. The van der Waals surface area contributed by atoms with E-state index in [4.69, 9.17) is 14.2 Å². The molecule has 0 atom stereocenters. The van der Waals surface area contributed by atoms with E-state index < -0.39 is 0 Å². The van der Waals surface area contributed by atoms with E-state index in [1.54, 1.807) is 24.3 Å². The van der Waals surface area contributed by atoms with Crippen molar-refractivity contribution >= 4 is 16.8 Å². The van der Waals surface area contributed by atoms with Crippen LogP contribution in [0.15, 0.2) is 42.6 Å². The third-order valence-electron chi connectivity index (χ3n) is 4.16. The number of H-pyrrole nitrogens is 1. The number of rotatable bonds is 6. The molecule has 0 saturated heterocycles. The molecule has 1 aliphatic heterocycles. The Morgan fingerprint density at radius 1 is 1.19 bits per heavy atom. The Labute approximate surface area is 148 Å². The van der Waals surface area contributed by atoms with Crippen LogP contribution in [0.3, 0.4) is 0 Å². The maximum Gasteiger partial charge on any atom is 0.257 e. The molecule has 0 unspecified atom stereocenters. The van der Waals surface area contributed by atoms with Gasteiger partial charge in [0, 0.05) is 29.7 Å². The Bertz CT molecular complexity index is 954. The van der Waals surface area contributed by atoms with Crippen molar-refractivity contribution in [3.8, 4) is 17.2 Å². The van der Waals surface area contributed by atoms with Crippen LogP contribution in [0.2, 0.25) is 0 Å². The first kappa shape index (κ1) is 16.3. The van der Waals surface area contributed by atoms with Crippen molar-refractivity contribution in [3.63, 3.8) is 0 Å². The number of carbonyl (C=O) groups excluding carboxylic acids is 1. The van der Waals surface area contributed by atoms with E-state index in [1.165, 1.54) is 12.1 Å². The zero-order valence-electron chi connectivity index (χ0n) is 13.9. The van der Waals surface area contributed by atoms with Crippen LogP contribution in [0.4, 0.5) is 4.39 Å². The lowest BCUT2D eigenvalue weighted by atomic mass is 10.1. The summed E-state index contributed by atoms with van der Waals surface area (Å²) in [4.78, 5) is 15.0. The second-order valence-electron chi connectivity index (χ2n) is 5.91. The normalized spacial score (nSPS) is 12.3. The lowest BCUT2D eigenvalue weighted by Gasteiger charge is -2.08. The van der Waals surface area contributed by atoms with Gasteiger partial charge in [-0.05, 0) is 42.3 Å². The van der Waals surface area contributed by atoms with Gasteiger partial charge in [-0.1, -0.05) is 0 Å². The van der Waals surface area contributed by atoms with Gasteiger partial charge in [-0.25, -0.2) is 4.39 Å². The Balaban J connectivity index is 1.27. The summed E-state index contributed by atoms with van der Waals surface area (Å²) in [6.07, 6.45) is 2.43. The average molecular weight is 356 g/mol. The van der Waals surface area contributed by atoms with Crippen LogP contribution in [0, 0.1) is 5.82 Å². The standard InChI is InChI=1S/C19H17FN2O4/c20-13-1-3-16-15(7-13)12(9-22-16)5-6-21-19(23)10-24-14-2-4-17-18(8-14)26-11-25-17/h1-4,7-9,22H,5-6,10-11H2,(H,21,23). The van der Waals surface area contributed by atoms with Crippen LogP contribution in [-0.2, 0) is 11.2 Å². The highest BCUT2D eigenvalue weighted by atomic mass is 19.1. The van der Waals surface area contributed by atoms with Gasteiger partial charge in [-0.15, -0.1) is 0 Å². The molecular weight excluding hydrogens is 339 g/mol. The number of aromatic nitrogens is 1. The number of amides is 1. The van der Waals surface area contributed by atoms with E-state index in [1.807, 2.05) is 6.20 Å². The second kappa shape index (κ2) is 6.95. The average Bonchev–Trinajstić information content (AvgIpc) is 3.26. The number of carbonyl (C=O) groups is 1. The van der Waals surface area contributed by atoms with Crippen LogP contribution in [0.1, 0.15) is 5.56 Å². The number of benzene rings is 2. The van der Waals surface area contributed by atoms with Gasteiger partial charge in [0.15, 0.2) is 18.1 Å². The summed E-state index contributed by atoms with van der Waals surface area (Å²) < 4.78 is 29.3. The van der Waals surface area contributed by atoms with E-state index in [0.717, 1.165) is 16.5 Å². The van der Waals surface area contributed by atoms with E-state index in [0.29, 0.717) is 30.2 Å². The Hall–Kier alpha value is -3.22. The maximum absolute atomic E-state index is 13.4. The highest BCUT2D eigenvalue weighted by Crippen LogP contribution is 2.35. The molecule has 2 aromatic carbocycles. The largest absolute Gasteiger partial charge is 0.484 e. The Morgan fingerprint density at radius 2 is 2.08 bits per heavy atom. The predicted octanol–water partition coefficient (Wildman–Crippen LogP) is 2.77. The van der Waals surface area contributed by atoms with Crippen LogP contribution in [0.5, 0.6) is 17.2 Å². The molecule has 134 valence electrons. The summed E-state index contributed by atoms with van der Waals surface area (Å²) in [5.41, 5.74) is 1.83. The smallest absolute Gasteiger partial charge is 0.257 e. The molecule has 2 heterocycles. The molecule has 0 bridgehead atoms. The third kappa shape index (κ3) is 3.42. The molecule has 3 aromatic rings. The molecule has 1 amide bonds. The maximum atomic E-state index is 13.4. The fourth-order valence-corrected chi connectivity index (χ4v) is 2.86. The monoisotopic (exact) mass is 356 g/mol. The van der Waals surface area contributed by atoms with Crippen molar-refractivity contribution in [1.29, 1.82) is 0 Å². The Morgan fingerprint density at radius 3 is 3.00 bits per heavy atom. The highest BCUT2D eigenvalue weighted by molar-refractivity contribution is 5.83. The van der Waals surface area contributed by atoms with E-state index in [9.17, 15) is 9.18 Å². The number of hydrogen-bond donors (Lipinski definition) is 2. The lowest BCUT2D eigenvalue weighted by molar-refractivity contribution is -0.123. The first-order chi connectivity index (χ1) is 12.7. The van der Waals surface area contributed by atoms with Gasteiger partial charge in [0.05, 0.1) is 0 Å². The molecule has 1 aromatic heterocycles. The summed E-state index contributed by atoms with van der Waals surface area (Å²) in [6.45, 7) is 0.534. The fraction of sp³-hybridized carbons (Fsp3) is 0.211. The molecule has 0 radical (unpaired) electrons. The van der Waals surface area contributed by atoms with Crippen molar-refractivity contribution in [3.05, 3.63) is 54.0 Å². The summed E-state index contributed by atoms with van der Waals surface area (Å²) in [5.74, 6) is 1.30. The first-order valence-electron chi connectivity index (χ1n) is 8.24. The molecule has 0 spiro atoms. The molecule has 6 nitrogen and oxygen atoms in total. The van der Waals surface area contributed by atoms with Gasteiger partial charge < -0.3 is 24.5 Å². The quantitative estimate of drug-likeness (QED) is 0.712. The fourth-order valence-electron chi connectivity index (χ4n) is 2.86. The van der Waals surface area contributed by atoms with Crippen molar-refractivity contribution < 1.29 is 23.4 Å². The van der Waals surface area contributed by atoms with Crippen molar-refractivity contribution in [2.45, 2.75) is 6.42 Å². The van der Waals surface area contributed by atoms with Gasteiger partial charge in [0.2, 0.25) is 6.79 Å². The number of hydrogen-bond acceptors (Lipinski definition) is 4. The predicted molar refractivity (Wildman–Crippen MR) is 93.0 cm³/mol. The summed E-state index contributed by atoms with van der Waals surface area (Å²) in [7, 11) is 0. The Kier molecular flexibility index (Phi) is 4.35. The van der Waals surface area contributed by atoms with Crippen LogP contribution < -0.4 is 19.5 Å². The zero-order valence-corrected chi connectivity index (χ0v) is 13.9. The molecule has 7 heteroatoms. The van der Waals surface area contributed by atoms with Crippen LogP contribution >= 0.6 is 0 Å². The number of aromatic amines is 1. The molecule has 26 heavy (non-hydrogen) atoms. The first-order valence-corrected chi connectivity index (χ1v) is 8.24. The molecule has 2 N–H and O–H groups in total. The molecule has 0 saturated carbocycles. The number of ether oxygens (including phenoxy) is 3. The van der Waals surface area contributed by atoms with Crippen molar-refractivity contribution in [2.75, 3.05) is 19.9 Å². The van der Waals surface area contributed by atoms with Gasteiger partial charge in [0.1, 0.15) is 11.6 Å². The zero-order chi connectivity index (χ0) is 17.9. The lowest BCUT2D eigenvalue weighted by Crippen LogP contribution is -2.30. The van der Waals surface area contributed by atoms with E-state index in [-0.39, 0.29) is 25.1 Å². The molecule has 4 rings (SSSR count). The minimum Gasteiger partial charge on any atom is -0.484 e. The van der Waals surface area contributed by atoms with Gasteiger partial charge in [0.25, 0.3) is 5.91 Å². The third-order valence-corrected chi connectivity index (χ3v) is 4.16. The topological polar surface area (TPSA) is 72.6 Å². The van der Waals surface area contributed by atoms with Gasteiger partial charge >= 0.3 is 0 Å². The summed E-state index contributed by atoms with van der Waals surface area (Å²) >= 11 is 0. The molecule has 1 aliphatic rings. The number of nitrogens with one attached hydrogen (secondary N) is 2. The van der Waals surface area contributed by atoms with Crippen molar-refractivity contribution in [2.24, 2.45) is 0 Å². The second-order valence-corrected chi connectivity index (χ2v) is 5.91. The minimum atomic E-state index is -0.278. The molecule has 0 fully saturated rings. The van der Waals surface area contributed by atoms with Crippen LogP contribution in [0.25, 0.3) is 10.9 Å². The SMILES string of the molecule is O=C(COc1ccc2c(c1)OCO2)NCCc1c[nH]c2ccc(F)cc12. The van der Waals surface area contributed by atoms with Gasteiger partial charge in [-0.2, -0.15) is 0 Å². The minimum absolute atomic E-state index is 0.0951. The molecular formula is C19H17FN2O4. The van der Waals surface area contributed by atoms with E-state index in [2.05, 4.69) is 10.3 Å². The summed E-state index contributed by atoms with van der Waals surface area (Å²) in [5, 5.41) is 3.62. The van der Waals surface area contributed by atoms with Crippen molar-refractivity contribution in [1.82, 2.24) is 10.3 Å². The van der Waals surface area contributed by atoms with Gasteiger partial charge in [-0.3, -0.25) is 4.79 Å². The van der Waals surface area contributed by atoms with E-state index >= 15 is 0 Å².